The molecule has 1 aromatic carbocycles. The maximum absolute atomic E-state index is 10.8. The van der Waals surface area contributed by atoms with Crippen molar-refractivity contribution < 1.29 is 9.90 Å². The smallest absolute Gasteiger partial charge is 0.335 e. The molecular formula is C11H13NO2S. The Morgan fingerprint density at radius 2 is 2.00 bits per heavy atom. The van der Waals surface area contributed by atoms with Gasteiger partial charge in [0.25, 0.3) is 0 Å². The number of anilines is 1. The number of thiocarbonyl (C=S) groups is 1. The minimum atomic E-state index is -0.921. The third-order valence-corrected chi connectivity index (χ3v) is 2.44. The predicted octanol–water partition coefficient (Wildman–Crippen LogP) is 2.48. The molecule has 0 aliphatic rings. The summed E-state index contributed by atoms with van der Waals surface area (Å²) in [5.41, 5.74) is 2.00. The highest BCUT2D eigenvalue weighted by Crippen LogP contribution is 2.18. The summed E-state index contributed by atoms with van der Waals surface area (Å²) in [6, 6.07) is 5.16. The number of carboxylic acids is 1. The maximum Gasteiger partial charge on any atom is 0.335 e. The van der Waals surface area contributed by atoms with Gasteiger partial charge < -0.3 is 10.0 Å². The van der Waals surface area contributed by atoms with Crippen LogP contribution in [0, 0.1) is 6.92 Å². The number of benzene rings is 1. The lowest BCUT2D eigenvalue weighted by molar-refractivity contribution is 0.0697. The van der Waals surface area contributed by atoms with Crippen LogP contribution in [0.25, 0.3) is 0 Å². The molecule has 0 fully saturated rings. The summed E-state index contributed by atoms with van der Waals surface area (Å²) in [4.78, 5) is 13.3. The topological polar surface area (TPSA) is 40.5 Å². The van der Waals surface area contributed by atoms with Crippen LogP contribution in [0.4, 0.5) is 5.69 Å². The van der Waals surface area contributed by atoms with E-state index in [0.717, 1.165) is 11.3 Å². The Balaban J connectivity index is 3.20. The lowest BCUT2D eigenvalue weighted by atomic mass is 10.1. The normalized spacial score (nSPS) is 9.80. The van der Waals surface area contributed by atoms with E-state index in [1.165, 1.54) is 0 Å². The second kappa shape index (κ2) is 4.40. The second-order valence-electron chi connectivity index (χ2n) is 3.44. The molecule has 0 aromatic heterocycles. The van der Waals surface area contributed by atoms with Gasteiger partial charge in [-0.25, -0.2) is 4.79 Å². The number of hydrogen-bond donors (Lipinski definition) is 1. The van der Waals surface area contributed by atoms with Crippen molar-refractivity contribution in [3.8, 4) is 0 Å². The average Bonchev–Trinajstić information content (AvgIpc) is 2.15. The van der Waals surface area contributed by atoms with Crippen LogP contribution in [0.5, 0.6) is 0 Å². The quantitative estimate of drug-likeness (QED) is 0.782. The Labute approximate surface area is 94.3 Å². The Morgan fingerprint density at radius 3 is 2.47 bits per heavy atom. The van der Waals surface area contributed by atoms with Crippen molar-refractivity contribution in [2.24, 2.45) is 0 Å². The molecule has 0 radical (unpaired) electrons. The van der Waals surface area contributed by atoms with E-state index in [-0.39, 0.29) is 5.56 Å². The fraction of sp³-hybridized carbons (Fsp3) is 0.273. The van der Waals surface area contributed by atoms with Crippen LogP contribution in [0.3, 0.4) is 0 Å². The molecule has 0 atom stereocenters. The summed E-state index contributed by atoms with van der Waals surface area (Å²) >= 11 is 5.03. The first-order valence-electron chi connectivity index (χ1n) is 4.51. The molecule has 0 aliphatic heterocycles. The van der Waals surface area contributed by atoms with Crippen molar-refractivity contribution in [1.29, 1.82) is 0 Å². The fourth-order valence-electron chi connectivity index (χ4n) is 1.26. The lowest BCUT2D eigenvalue weighted by Crippen LogP contribution is -2.21. The van der Waals surface area contributed by atoms with Crippen molar-refractivity contribution in [1.82, 2.24) is 0 Å². The van der Waals surface area contributed by atoms with Gasteiger partial charge in [-0.05, 0) is 37.6 Å². The van der Waals surface area contributed by atoms with Crippen LogP contribution in [-0.4, -0.2) is 23.1 Å². The van der Waals surface area contributed by atoms with Gasteiger partial charge in [-0.2, -0.15) is 0 Å². The van der Waals surface area contributed by atoms with Crippen LogP contribution >= 0.6 is 12.2 Å². The summed E-state index contributed by atoms with van der Waals surface area (Å²) in [5, 5.41) is 8.90. The molecule has 0 amide bonds. The molecule has 0 bridgehead atoms. The van der Waals surface area contributed by atoms with E-state index in [1.54, 1.807) is 24.0 Å². The van der Waals surface area contributed by atoms with Crippen LogP contribution in [0.2, 0.25) is 0 Å². The van der Waals surface area contributed by atoms with E-state index in [0.29, 0.717) is 4.99 Å². The van der Waals surface area contributed by atoms with Crippen LogP contribution in [0.15, 0.2) is 18.2 Å². The Kier molecular flexibility index (Phi) is 3.42. The first kappa shape index (κ1) is 11.7. The Hall–Kier alpha value is -1.42. The molecule has 15 heavy (non-hydrogen) atoms. The minimum absolute atomic E-state index is 0.285. The highest BCUT2D eigenvalue weighted by molar-refractivity contribution is 7.80. The largest absolute Gasteiger partial charge is 0.478 e. The standard InChI is InChI=1S/C11H13NO2S/c1-7-4-9(11(13)14)6-10(5-7)12(3)8(2)15/h4-6H,1-3H3,(H,13,14). The number of nitrogens with zero attached hydrogens (tertiary/aromatic N) is 1. The van der Waals surface area contributed by atoms with Crippen LogP contribution in [0.1, 0.15) is 22.8 Å². The summed E-state index contributed by atoms with van der Waals surface area (Å²) in [5.74, 6) is -0.921. The summed E-state index contributed by atoms with van der Waals surface area (Å²) in [7, 11) is 1.82. The first-order valence-corrected chi connectivity index (χ1v) is 4.92. The Bertz CT molecular complexity index is 415. The number of carbonyl (C=O) groups is 1. The highest BCUT2D eigenvalue weighted by Gasteiger charge is 2.08. The van der Waals surface area contributed by atoms with Gasteiger partial charge in [-0.3, -0.25) is 0 Å². The molecule has 0 aliphatic carbocycles. The zero-order chi connectivity index (χ0) is 11.6. The molecule has 0 heterocycles. The molecule has 0 saturated carbocycles. The third-order valence-electron chi connectivity index (χ3n) is 2.17. The van der Waals surface area contributed by atoms with Gasteiger partial charge in [0.05, 0.1) is 10.6 Å². The molecule has 0 unspecified atom stereocenters. The molecular weight excluding hydrogens is 210 g/mol. The zero-order valence-corrected chi connectivity index (χ0v) is 9.76. The van der Waals surface area contributed by atoms with Gasteiger partial charge in [0.15, 0.2) is 0 Å². The summed E-state index contributed by atoms with van der Waals surface area (Å²) in [6.45, 7) is 3.67. The molecule has 3 nitrogen and oxygen atoms in total. The predicted molar refractivity (Wildman–Crippen MR) is 64.8 cm³/mol. The minimum Gasteiger partial charge on any atom is -0.478 e. The number of hydrogen-bond acceptors (Lipinski definition) is 2. The number of rotatable bonds is 2. The van der Waals surface area contributed by atoms with Crippen molar-refractivity contribution in [2.75, 3.05) is 11.9 Å². The summed E-state index contributed by atoms with van der Waals surface area (Å²) < 4.78 is 0. The molecule has 0 saturated heterocycles. The van der Waals surface area contributed by atoms with Crippen molar-refractivity contribution in [3.05, 3.63) is 29.3 Å². The van der Waals surface area contributed by atoms with E-state index >= 15 is 0 Å². The first-order chi connectivity index (χ1) is 6.91. The maximum atomic E-state index is 10.8. The second-order valence-corrected chi connectivity index (χ2v) is 4.03. The number of aryl methyl sites for hydroxylation is 1. The molecule has 1 aromatic rings. The SMILES string of the molecule is CC(=S)N(C)c1cc(C)cc(C(=O)O)c1. The van der Waals surface area contributed by atoms with Gasteiger partial charge in [0.1, 0.15) is 0 Å². The Morgan fingerprint density at radius 1 is 1.40 bits per heavy atom. The van der Waals surface area contributed by atoms with E-state index in [2.05, 4.69) is 0 Å². The zero-order valence-electron chi connectivity index (χ0n) is 8.94. The van der Waals surface area contributed by atoms with Gasteiger partial charge in [0.2, 0.25) is 0 Å². The van der Waals surface area contributed by atoms with E-state index < -0.39 is 5.97 Å². The van der Waals surface area contributed by atoms with Crippen LogP contribution < -0.4 is 4.90 Å². The highest BCUT2D eigenvalue weighted by atomic mass is 32.1. The summed E-state index contributed by atoms with van der Waals surface area (Å²) in [6.07, 6.45) is 0. The number of carboxylic acid groups (broad SMARTS) is 1. The van der Waals surface area contributed by atoms with Crippen molar-refractivity contribution >= 4 is 28.9 Å². The molecule has 80 valence electrons. The molecule has 1 rings (SSSR count). The van der Waals surface area contributed by atoms with E-state index in [9.17, 15) is 4.79 Å². The van der Waals surface area contributed by atoms with E-state index in [4.69, 9.17) is 17.3 Å². The lowest BCUT2D eigenvalue weighted by Gasteiger charge is -2.18. The fourth-order valence-corrected chi connectivity index (χ4v) is 1.37. The van der Waals surface area contributed by atoms with Crippen LogP contribution in [-0.2, 0) is 0 Å². The van der Waals surface area contributed by atoms with Gasteiger partial charge >= 0.3 is 5.97 Å². The number of aromatic carboxylic acids is 1. The van der Waals surface area contributed by atoms with E-state index in [1.807, 2.05) is 20.0 Å². The monoisotopic (exact) mass is 223 g/mol. The van der Waals surface area contributed by atoms with Gasteiger partial charge in [-0.15, -0.1) is 0 Å². The van der Waals surface area contributed by atoms with Crippen molar-refractivity contribution in [2.45, 2.75) is 13.8 Å². The van der Waals surface area contributed by atoms with Gasteiger partial charge in [0, 0.05) is 12.7 Å². The molecule has 1 N–H and O–H groups in total. The molecule has 0 spiro atoms. The molecule has 4 heteroatoms. The third kappa shape index (κ3) is 2.76. The average molecular weight is 223 g/mol. The van der Waals surface area contributed by atoms with Crippen molar-refractivity contribution in [3.63, 3.8) is 0 Å². The van der Waals surface area contributed by atoms with Gasteiger partial charge in [-0.1, -0.05) is 12.2 Å².